The van der Waals surface area contributed by atoms with Gasteiger partial charge in [0.1, 0.15) is 0 Å². The van der Waals surface area contributed by atoms with Crippen molar-refractivity contribution in [3.05, 3.63) is 29.3 Å². The molecule has 0 aliphatic carbocycles. The number of rotatable bonds is 3. The molecule has 0 aromatic heterocycles. The normalized spacial score (nSPS) is 23.9. The van der Waals surface area contributed by atoms with Crippen LogP contribution < -0.4 is 10.6 Å². The summed E-state index contributed by atoms with van der Waals surface area (Å²) in [5.74, 6) is 0.695. The molecule has 1 fully saturated rings. The van der Waals surface area contributed by atoms with E-state index in [1.807, 2.05) is 19.1 Å². The number of nitrogens with two attached hydrogens (primary N) is 1. The summed E-state index contributed by atoms with van der Waals surface area (Å²) < 4.78 is 5.56. The summed E-state index contributed by atoms with van der Waals surface area (Å²) in [5, 5.41) is 12.1. The molecule has 5 heteroatoms. The van der Waals surface area contributed by atoms with Crippen LogP contribution in [0.4, 0.5) is 5.69 Å². The third-order valence-electron chi connectivity index (χ3n) is 4.07. The highest BCUT2D eigenvalue weighted by Gasteiger charge is 2.27. The maximum atomic E-state index is 8.94. The minimum atomic E-state index is 0.146. The molecule has 1 heterocycles. The predicted octanol–water partition coefficient (Wildman–Crippen LogP) is 1.95. The molecule has 0 amide bonds. The van der Waals surface area contributed by atoms with Crippen molar-refractivity contribution in [1.82, 2.24) is 0 Å². The van der Waals surface area contributed by atoms with Gasteiger partial charge in [-0.2, -0.15) is 0 Å². The Bertz CT molecular complexity index is 502. The summed E-state index contributed by atoms with van der Waals surface area (Å²) in [6.45, 7) is 6.04. The number of benzene rings is 1. The van der Waals surface area contributed by atoms with Crippen molar-refractivity contribution in [3.63, 3.8) is 0 Å². The summed E-state index contributed by atoms with van der Waals surface area (Å²) in [7, 11) is 1.76. The summed E-state index contributed by atoms with van der Waals surface area (Å²) in [5.41, 5.74) is 8.72. The van der Waals surface area contributed by atoms with E-state index < -0.39 is 0 Å². The molecule has 0 radical (unpaired) electrons. The Kier molecular flexibility index (Phi) is 4.49. The Labute approximate surface area is 120 Å². The molecule has 0 bridgehead atoms. The van der Waals surface area contributed by atoms with Crippen LogP contribution in [0.5, 0.6) is 0 Å². The Morgan fingerprint density at radius 2 is 2.25 bits per heavy atom. The molecule has 3 N–H and O–H groups in total. The SMILES string of the molecule is COC1CN(c2cc(C)ccc2/C(N)=N/O)CCC1C. The number of methoxy groups -OCH3 is 1. The molecule has 0 saturated carbocycles. The lowest BCUT2D eigenvalue weighted by molar-refractivity contribution is 0.0498. The van der Waals surface area contributed by atoms with Crippen molar-refractivity contribution < 1.29 is 9.94 Å². The Balaban J connectivity index is 2.34. The fraction of sp³-hybridized carbons (Fsp3) is 0.533. The van der Waals surface area contributed by atoms with E-state index in [1.54, 1.807) is 7.11 Å². The van der Waals surface area contributed by atoms with Crippen molar-refractivity contribution in [3.8, 4) is 0 Å². The van der Waals surface area contributed by atoms with Gasteiger partial charge in [-0.25, -0.2) is 0 Å². The second kappa shape index (κ2) is 6.13. The molecule has 1 aliphatic heterocycles. The molecule has 2 unspecified atom stereocenters. The maximum Gasteiger partial charge on any atom is 0.172 e. The average Bonchev–Trinajstić information content (AvgIpc) is 2.47. The van der Waals surface area contributed by atoms with E-state index in [4.69, 9.17) is 15.7 Å². The number of oxime groups is 1. The van der Waals surface area contributed by atoms with Crippen LogP contribution in [0, 0.1) is 12.8 Å². The zero-order chi connectivity index (χ0) is 14.7. The van der Waals surface area contributed by atoms with Crippen LogP contribution in [0.25, 0.3) is 0 Å². The van der Waals surface area contributed by atoms with Crippen LogP contribution in [0.3, 0.4) is 0 Å². The third-order valence-corrected chi connectivity index (χ3v) is 4.07. The number of aryl methyl sites for hydroxylation is 1. The predicted molar refractivity (Wildman–Crippen MR) is 80.5 cm³/mol. The standard InChI is InChI=1S/C15H23N3O2/c1-10-4-5-12(15(16)17-19)13(8-10)18-7-6-11(2)14(9-18)20-3/h4-5,8,11,14,19H,6-7,9H2,1-3H3,(H2,16,17). The minimum absolute atomic E-state index is 0.146. The molecular formula is C15H23N3O2. The summed E-state index contributed by atoms with van der Waals surface area (Å²) in [6.07, 6.45) is 1.28. The lowest BCUT2D eigenvalue weighted by Gasteiger charge is -2.38. The van der Waals surface area contributed by atoms with Gasteiger partial charge < -0.3 is 20.6 Å². The van der Waals surface area contributed by atoms with Gasteiger partial charge in [0.2, 0.25) is 0 Å². The van der Waals surface area contributed by atoms with Crippen LogP contribution in [0.2, 0.25) is 0 Å². The lowest BCUT2D eigenvalue weighted by Crippen LogP contribution is -2.44. The topological polar surface area (TPSA) is 71.1 Å². The monoisotopic (exact) mass is 277 g/mol. The van der Waals surface area contributed by atoms with Gasteiger partial charge in [-0.05, 0) is 37.0 Å². The van der Waals surface area contributed by atoms with Crippen molar-refractivity contribution in [2.45, 2.75) is 26.4 Å². The highest BCUT2D eigenvalue weighted by atomic mass is 16.5. The molecule has 20 heavy (non-hydrogen) atoms. The quantitative estimate of drug-likeness (QED) is 0.383. The fourth-order valence-electron chi connectivity index (χ4n) is 2.73. The lowest BCUT2D eigenvalue weighted by atomic mass is 9.94. The van der Waals surface area contributed by atoms with E-state index in [-0.39, 0.29) is 11.9 Å². The highest BCUT2D eigenvalue weighted by molar-refractivity contribution is 6.02. The van der Waals surface area contributed by atoms with E-state index in [0.29, 0.717) is 5.92 Å². The molecule has 1 saturated heterocycles. The molecule has 1 aliphatic rings. The molecule has 5 nitrogen and oxygen atoms in total. The number of anilines is 1. The van der Waals surface area contributed by atoms with Gasteiger partial charge >= 0.3 is 0 Å². The minimum Gasteiger partial charge on any atom is -0.409 e. The maximum absolute atomic E-state index is 8.94. The summed E-state index contributed by atoms with van der Waals surface area (Å²) in [6, 6.07) is 5.95. The number of ether oxygens (including phenoxy) is 1. The first-order valence-corrected chi connectivity index (χ1v) is 6.93. The first-order valence-electron chi connectivity index (χ1n) is 6.93. The fourth-order valence-corrected chi connectivity index (χ4v) is 2.73. The largest absolute Gasteiger partial charge is 0.409 e. The third kappa shape index (κ3) is 2.88. The number of hydrogen-bond acceptors (Lipinski definition) is 4. The highest BCUT2D eigenvalue weighted by Crippen LogP contribution is 2.28. The Hall–Kier alpha value is -1.75. The van der Waals surface area contributed by atoms with Gasteiger partial charge in [-0.3, -0.25) is 0 Å². The average molecular weight is 277 g/mol. The van der Waals surface area contributed by atoms with E-state index in [9.17, 15) is 0 Å². The zero-order valence-corrected chi connectivity index (χ0v) is 12.3. The van der Waals surface area contributed by atoms with Crippen LogP contribution in [-0.4, -0.2) is 37.3 Å². The molecule has 1 aromatic rings. The second-order valence-corrected chi connectivity index (χ2v) is 5.49. The van der Waals surface area contributed by atoms with Gasteiger partial charge in [0, 0.05) is 31.5 Å². The summed E-state index contributed by atoms with van der Waals surface area (Å²) in [4.78, 5) is 2.26. The molecular weight excluding hydrogens is 254 g/mol. The van der Waals surface area contributed by atoms with Gasteiger partial charge in [0.05, 0.1) is 6.10 Å². The second-order valence-electron chi connectivity index (χ2n) is 5.49. The Morgan fingerprint density at radius 3 is 2.90 bits per heavy atom. The number of amidine groups is 1. The van der Waals surface area contributed by atoms with E-state index in [0.717, 1.165) is 36.3 Å². The van der Waals surface area contributed by atoms with Gasteiger partial charge in [-0.15, -0.1) is 0 Å². The van der Waals surface area contributed by atoms with Crippen molar-refractivity contribution in [2.24, 2.45) is 16.8 Å². The number of hydrogen-bond donors (Lipinski definition) is 2. The van der Waals surface area contributed by atoms with E-state index in [2.05, 4.69) is 23.0 Å². The van der Waals surface area contributed by atoms with Crippen LogP contribution >= 0.6 is 0 Å². The zero-order valence-electron chi connectivity index (χ0n) is 12.3. The number of piperidine rings is 1. The molecule has 2 atom stereocenters. The van der Waals surface area contributed by atoms with E-state index in [1.165, 1.54) is 0 Å². The van der Waals surface area contributed by atoms with Crippen molar-refractivity contribution in [2.75, 3.05) is 25.1 Å². The van der Waals surface area contributed by atoms with Gasteiger partial charge in [0.25, 0.3) is 0 Å². The van der Waals surface area contributed by atoms with Gasteiger partial charge in [-0.1, -0.05) is 18.1 Å². The molecule has 110 valence electrons. The first kappa shape index (κ1) is 14.7. The van der Waals surface area contributed by atoms with E-state index >= 15 is 0 Å². The Morgan fingerprint density at radius 1 is 1.50 bits per heavy atom. The summed E-state index contributed by atoms with van der Waals surface area (Å²) >= 11 is 0. The van der Waals surface area contributed by atoms with Crippen LogP contribution in [0.15, 0.2) is 23.4 Å². The molecule has 0 spiro atoms. The van der Waals surface area contributed by atoms with Crippen molar-refractivity contribution in [1.29, 1.82) is 0 Å². The number of nitrogens with zero attached hydrogens (tertiary/aromatic N) is 2. The smallest absolute Gasteiger partial charge is 0.172 e. The molecule has 2 rings (SSSR count). The van der Waals surface area contributed by atoms with Crippen LogP contribution in [0.1, 0.15) is 24.5 Å². The first-order chi connectivity index (χ1) is 9.56. The molecule has 1 aromatic carbocycles. The van der Waals surface area contributed by atoms with Crippen LogP contribution in [-0.2, 0) is 4.74 Å². The van der Waals surface area contributed by atoms with Gasteiger partial charge in [0.15, 0.2) is 5.84 Å². The van der Waals surface area contributed by atoms with Crippen molar-refractivity contribution >= 4 is 11.5 Å².